The number of aromatic nitrogens is 4. The minimum Gasteiger partial charge on any atom is -0.491 e. The Kier molecular flexibility index (Phi) is 10.7. The van der Waals surface area contributed by atoms with Gasteiger partial charge in [-0.1, -0.05) is 18.9 Å². The van der Waals surface area contributed by atoms with E-state index < -0.39 is 0 Å². The minimum absolute atomic E-state index is 0.0730. The van der Waals surface area contributed by atoms with Crippen molar-refractivity contribution >= 4 is 28.5 Å². The molecule has 2 unspecified atom stereocenters. The summed E-state index contributed by atoms with van der Waals surface area (Å²) >= 11 is 6.45. The van der Waals surface area contributed by atoms with E-state index in [1.807, 2.05) is 10.9 Å². The van der Waals surface area contributed by atoms with Crippen LogP contribution in [0, 0.1) is 12.3 Å². The van der Waals surface area contributed by atoms with Gasteiger partial charge in [0.1, 0.15) is 24.8 Å². The lowest BCUT2D eigenvalue weighted by Gasteiger charge is -2.49. The van der Waals surface area contributed by atoms with E-state index in [0.717, 1.165) is 67.8 Å². The van der Waals surface area contributed by atoms with Crippen molar-refractivity contribution in [3.8, 4) is 18.1 Å². The molecule has 2 aliphatic heterocycles. The molecule has 11 nitrogen and oxygen atoms in total. The van der Waals surface area contributed by atoms with E-state index in [2.05, 4.69) is 51.0 Å². The topological polar surface area (TPSA) is 102 Å². The molecule has 45 heavy (non-hydrogen) atoms. The van der Waals surface area contributed by atoms with Crippen molar-refractivity contribution in [2.45, 2.75) is 56.8 Å². The van der Waals surface area contributed by atoms with Crippen LogP contribution in [0.2, 0.25) is 5.28 Å². The molecule has 4 heterocycles. The molecule has 3 aromatic rings. The van der Waals surface area contributed by atoms with E-state index in [1.54, 1.807) is 0 Å². The molecule has 3 aliphatic rings. The summed E-state index contributed by atoms with van der Waals surface area (Å²) in [5.41, 5.74) is 3.56. The van der Waals surface area contributed by atoms with Crippen LogP contribution in [0.5, 0.6) is 5.75 Å². The minimum atomic E-state index is -0.116. The molecular weight excluding hydrogens is 598 g/mol. The molecule has 12 heteroatoms. The predicted octanol–water partition coefficient (Wildman–Crippen LogP) is 4.35. The molecule has 1 aliphatic carbocycles. The molecule has 0 bridgehead atoms. The van der Waals surface area contributed by atoms with Gasteiger partial charge in [-0.25, -0.2) is 4.68 Å². The van der Waals surface area contributed by atoms with Gasteiger partial charge in [0.2, 0.25) is 5.28 Å². The van der Waals surface area contributed by atoms with Gasteiger partial charge in [0.25, 0.3) is 0 Å². The quantitative estimate of drug-likeness (QED) is 0.120. The lowest BCUT2D eigenvalue weighted by molar-refractivity contribution is -0.00403. The van der Waals surface area contributed by atoms with E-state index in [1.165, 1.54) is 11.1 Å². The van der Waals surface area contributed by atoms with Crippen molar-refractivity contribution in [3.63, 3.8) is 0 Å². The van der Waals surface area contributed by atoms with Crippen molar-refractivity contribution in [2.75, 3.05) is 77.5 Å². The largest absolute Gasteiger partial charge is 0.491 e. The highest BCUT2D eigenvalue weighted by atomic mass is 35.5. The Hall–Kier alpha value is -2.98. The number of terminal acetylenes is 1. The van der Waals surface area contributed by atoms with Gasteiger partial charge < -0.3 is 33.3 Å². The normalized spacial score (nSPS) is 20.1. The Morgan fingerprint density at radius 1 is 1.00 bits per heavy atom. The third-order valence-electron chi connectivity index (χ3n) is 8.83. The van der Waals surface area contributed by atoms with E-state index in [0.29, 0.717) is 59.5 Å². The second kappa shape index (κ2) is 15.1. The Morgan fingerprint density at radius 2 is 1.73 bits per heavy atom. The van der Waals surface area contributed by atoms with E-state index in [4.69, 9.17) is 46.4 Å². The van der Waals surface area contributed by atoms with E-state index in [9.17, 15) is 0 Å². The SMILES string of the molecule is C#CCOCCOCCOCCOCCOc1ccc2c(c1)C1(CC2)CN(c2nc(Cl)nc3c2cnn3C2CCC(CC)O2)C1. The monoisotopic (exact) mass is 639 g/mol. The van der Waals surface area contributed by atoms with Crippen LogP contribution in [0.4, 0.5) is 5.82 Å². The smallest absolute Gasteiger partial charge is 0.226 e. The average Bonchev–Trinajstić information content (AvgIpc) is 3.77. The van der Waals surface area contributed by atoms with Crippen LogP contribution in [0.1, 0.15) is 50.0 Å². The second-order valence-electron chi connectivity index (χ2n) is 11.7. The van der Waals surface area contributed by atoms with Crippen LogP contribution in [0.15, 0.2) is 24.4 Å². The first kappa shape index (κ1) is 32.0. The zero-order valence-corrected chi connectivity index (χ0v) is 26.7. The molecule has 2 atom stereocenters. The Labute approximate surface area is 269 Å². The number of benzene rings is 1. The number of ether oxygens (including phenoxy) is 6. The number of nitrogens with zero attached hydrogens (tertiary/aromatic N) is 5. The molecular formula is C33H42ClN5O6. The molecule has 6 rings (SSSR count). The maximum Gasteiger partial charge on any atom is 0.226 e. The van der Waals surface area contributed by atoms with Gasteiger partial charge in [-0.05, 0) is 67.0 Å². The highest BCUT2D eigenvalue weighted by Crippen LogP contribution is 2.48. The van der Waals surface area contributed by atoms with Crippen LogP contribution >= 0.6 is 11.6 Å². The lowest BCUT2D eigenvalue weighted by Crippen LogP contribution is -2.58. The van der Waals surface area contributed by atoms with Gasteiger partial charge in [0.05, 0.1) is 63.9 Å². The molecule has 242 valence electrons. The number of hydrogen-bond acceptors (Lipinski definition) is 10. The molecule has 1 spiro atoms. The van der Waals surface area contributed by atoms with Crippen molar-refractivity contribution in [1.29, 1.82) is 0 Å². The molecule has 0 amide bonds. The standard InChI is InChI=1S/C33H42ClN5O6/c1-3-11-40-12-13-41-14-15-42-16-17-43-18-19-44-26-6-5-24-9-10-33(28(24)20-26)22-38(23-33)30-27-21-35-39(31(27)37-32(34)36-30)29-8-7-25(4-2)45-29/h1,5-6,20-21,25,29H,4,7-19,22-23H2,2H3. The summed E-state index contributed by atoms with van der Waals surface area (Å²) in [5, 5.41) is 5.80. The summed E-state index contributed by atoms with van der Waals surface area (Å²) in [7, 11) is 0. The first-order chi connectivity index (χ1) is 22.1. The summed E-state index contributed by atoms with van der Waals surface area (Å²) in [6.45, 7) is 8.18. The van der Waals surface area contributed by atoms with Crippen LogP contribution in [0.3, 0.4) is 0 Å². The van der Waals surface area contributed by atoms with Crippen molar-refractivity contribution in [2.24, 2.45) is 0 Å². The fourth-order valence-electron chi connectivity index (χ4n) is 6.54. The zero-order valence-electron chi connectivity index (χ0n) is 25.9. The van der Waals surface area contributed by atoms with Gasteiger partial charge in [0, 0.05) is 18.5 Å². The summed E-state index contributed by atoms with van der Waals surface area (Å²) in [4.78, 5) is 11.5. The van der Waals surface area contributed by atoms with Gasteiger partial charge in [-0.15, -0.1) is 6.42 Å². The highest BCUT2D eigenvalue weighted by Gasteiger charge is 2.49. The number of fused-ring (bicyclic) bond motifs is 3. The summed E-state index contributed by atoms with van der Waals surface area (Å²) < 4.78 is 35.9. The summed E-state index contributed by atoms with van der Waals surface area (Å²) in [6.07, 6.45) is 12.2. The fourth-order valence-corrected chi connectivity index (χ4v) is 6.70. The third kappa shape index (κ3) is 7.38. The van der Waals surface area contributed by atoms with Crippen LogP contribution < -0.4 is 9.64 Å². The first-order valence-electron chi connectivity index (χ1n) is 15.9. The lowest BCUT2D eigenvalue weighted by atomic mass is 9.74. The maximum absolute atomic E-state index is 6.45. The molecule has 2 aromatic heterocycles. The Balaban J connectivity index is 0.962. The van der Waals surface area contributed by atoms with Crippen LogP contribution in [-0.2, 0) is 35.5 Å². The van der Waals surface area contributed by atoms with Gasteiger partial charge in [-0.3, -0.25) is 0 Å². The Morgan fingerprint density at radius 3 is 2.44 bits per heavy atom. The van der Waals surface area contributed by atoms with Crippen LogP contribution in [-0.4, -0.2) is 98.4 Å². The molecule has 0 N–H and O–H groups in total. The van der Waals surface area contributed by atoms with Crippen LogP contribution in [0.25, 0.3) is 11.0 Å². The zero-order chi connectivity index (χ0) is 31.1. The molecule has 2 saturated heterocycles. The number of hydrogen-bond donors (Lipinski definition) is 0. The van der Waals surface area contributed by atoms with Crippen molar-refractivity contribution < 1.29 is 28.4 Å². The molecule has 0 saturated carbocycles. The predicted molar refractivity (Wildman–Crippen MR) is 170 cm³/mol. The average molecular weight is 640 g/mol. The number of rotatable bonds is 17. The van der Waals surface area contributed by atoms with E-state index >= 15 is 0 Å². The van der Waals surface area contributed by atoms with Gasteiger partial charge >= 0.3 is 0 Å². The molecule has 1 aromatic carbocycles. The third-order valence-corrected chi connectivity index (χ3v) is 9.00. The van der Waals surface area contributed by atoms with Gasteiger partial charge in [-0.2, -0.15) is 15.1 Å². The summed E-state index contributed by atoms with van der Waals surface area (Å²) in [6, 6.07) is 6.48. The Bertz CT molecular complexity index is 1470. The first-order valence-corrected chi connectivity index (χ1v) is 16.3. The maximum atomic E-state index is 6.45. The van der Waals surface area contributed by atoms with E-state index in [-0.39, 0.29) is 23.0 Å². The number of halogens is 1. The molecule has 2 fully saturated rings. The van der Waals surface area contributed by atoms with Crippen molar-refractivity contribution in [1.82, 2.24) is 19.7 Å². The summed E-state index contributed by atoms with van der Waals surface area (Å²) in [5.74, 6) is 4.12. The highest BCUT2D eigenvalue weighted by molar-refractivity contribution is 6.28. The number of anilines is 1. The van der Waals surface area contributed by atoms with Crippen molar-refractivity contribution in [3.05, 3.63) is 40.8 Å². The fraction of sp³-hybridized carbons (Fsp3) is 0.606. The van der Waals surface area contributed by atoms with Gasteiger partial charge in [0.15, 0.2) is 11.9 Å². The number of aryl methyl sites for hydroxylation is 1. The molecule has 0 radical (unpaired) electrons. The second-order valence-corrected chi connectivity index (χ2v) is 12.1.